The summed E-state index contributed by atoms with van der Waals surface area (Å²) in [5, 5.41) is 4.65. The van der Waals surface area contributed by atoms with E-state index in [0.29, 0.717) is 26.1 Å². The van der Waals surface area contributed by atoms with Gasteiger partial charge in [-0.25, -0.2) is 8.42 Å². The first kappa shape index (κ1) is 20.0. The highest BCUT2D eigenvalue weighted by Gasteiger charge is 2.37. The topological polar surface area (TPSA) is 75.7 Å². The molecule has 0 aliphatic carbocycles. The van der Waals surface area contributed by atoms with E-state index in [0.717, 1.165) is 24.0 Å². The third-order valence-corrected chi connectivity index (χ3v) is 7.97. The molecule has 1 aromatic heterocycles. The zero-order valence-electron chi connectivity index (χ0n) is 15.3. The summed E-state index contributed by atoms with van der Waals surface area (Å²) in [5.74, 6) is -0.248. The standard InChI is InChI=1S/C19H24N2O4S2/c1-25-14-16-8-3-2-7-15(16)13-20-19(22)17-9-4-5-11-21(17)27(23,24)18-10-6-12-26-18/h2-3,6-8,10,12,17H,4-5,9,11,13-14H2,1H3,(H,20,22)/t17-/m0/s1. The van der Waals surface area contributed by atoms with Gasteiger partial charge in [0.25, 0.3) is 10.0 Å². The fourth-order valence-corrected chi connectivity index (χ4v) is 6.08. The number of thiophene rings is 1. The highest BCUT2D eigenvalue weighted by Crippen LogP contribution is 2.28. The summed E-state index contributed by atoms with van der Waals surface area (Å²) >= 11 is 1.18. The molecule has 8 heteroatoms. The van der Waals surface area contributed by atoms with Crippen LogP contribution >= 0.6 is 11.3 Å². The lowest BCUT2D eigenvalue weighted by atomic mass is 10.0. The van der Waals surface area contributed by atoms with Crippen LogP contribution in [0.25, 0.3) is 0 Å². The number of carbonyl (C=O) groups is 1. The molecular formula is C19H24N2O4S2. The largest absolute Gasteiger partial charge is 0.380 e. The van der Waals surface area contributed by atoms with Crippen molar-refractivity contribution in [2.24, 2.45) is 0 Å². The Kier molecular flexibility index (Phi) is 6.64. The van der Waals surface area contributed by atoms with E-state index in [1.165, 1.54) is 15.6 Å². The van der Waals surface area contributed by atoms with E-state index in [1.807, 2.05) is 24.3 Å². The molecule has 1 aromatic carbocycles. The van der Waals surface area contributed by atoms with Crippen molar-refractivity contribution in [3.05, 3.63) is 52.9 Å². The van der Waals surface area contributed by atoms with Gasteiger partial charge in [0.15, 0.2) is 0 Å². The molecule has 1 aliphatic heterocycles. The number of rotatable bonds is 7. The van der Waals surface area contributed by atoms with Crippen molar-refractivity contribution in [1.29, 1.82) is 0 Å². The van der Waals surface area contributed by atoms with Crippen molar-refractivity contribution < 1.29 is 17.9 Å². The maximum Gasteiger partial charge on any atom is 0.253 e. The Labute approximate surface area is 164 Å². The number of benzene rings is 1. The third-order valence-electron chi connectivity index (χ3n) is 4.69. The maximum atomic E-state index is 12.9. The highest BCUT2D eigenvalue weighted by atomic mass is 32.2. The van der Waals surface area contributed by atoms with Gasteiger partial charge in [-0.05, 0) is 35.4 Å². The minimum Gasteiger partial charge on any atom is -0.380 e. The monoisotopic (exact) mass is 408 g/mol. The van der Waals surface area contributed by atoms with E-state index in [1.54, 1.807) is 24.6 Å². The number of sulfonamides is 1. The minimum atomic E-state index is -3.64. The lowest BCUT2D eigenvalue weighted by Crippen LogP contribution is -2.51. The molecule has 27 heavy (non-hydrogen) atoms. The number of hydrogen-bond acceptors (Lipinski definition) is 5. The first-order chi connectivity index (χ1) is 13.0. The van der Waals surface area contributed by atoms with Gasteiger partial charge in [-0.2, -0.15) is 4.31 Å². The zero-order chi connectivity index (χ0) is 19.3. The second kappa shape index (κ2) is 8.97. The van der Waals surface area contributed by atoms with Crippen LogP contribution in [0.4, 0.5) is 0 Å². The van der Waals surface area contributed by atoms with Gasteiger partial charge >= 0.3 is 0 Å². The molecular weight excluding hydrogens is 384 g/mol. The number of amides is 1. The molecule has 0 saturated carbocycles. The Hall–Kier alpha value is -1.74. The lowest BCUT2D eigenvalue weighted by Gasteiger charge is -2.33. The second-order valence-corrected chi connectivity index (χ2v) is 9.54. The molecule has 146 valence electrons. The summed E-state index contributed by atoms with van der Waals surface area (Å²) in [4.78, 5) is 12.8. The van der Waals surface area contributed by atoms with Gasteiger partial charge in [-0.15, -0.1) is 11.3 Å². The van der Waals surface area contributed by atoms with Crippen LogP contribution in [0.1, 0.15) is 30.4 Å². The number of hydrogen-bond donors (Lipinski definition) is 1. The first-order valence-corrected chi connectivity index (χ1v) is 11.2. The van der Waals surface area contributed by atoms with Crippen molar-refractivity contribution >= 4 is 27.3 Å². The molecule has 1 fully saturated rings. The van der Waals surface area contributed by atoms with Gasteiger partial charge < -0.3 is 10.1 Å². The Bertz CT molecular complexity index is 866. The van der Waals surface area contributed by atoms with Crippen molar-refractivity contribution in [2.75, 3.05) is 13.7 Å². The smallest absolute Gasteiger partial charge is 0.253 e. The molecule has 1 N–H and O–H groups in total. The normalized spacial score (nSPS) is 18.3. The minimum absolute atomic E-state index is 0.248. The van der Waals surface area contributed by atoms with Gasteiger partial charge in [0.2, 0.25) is 5.91 Å². The predicted molar refractivity (Wildman–Crippen MR) is 105 cm³/mol. The third kappa shape index (κ3) is 4.57. The summed E-state index contributed by atoms with van der Waals surface area (Å²) in [6.45, 7) is 1.19. The summed E-state index contributed by atoms with van der Waals surface area (Å²) in [6, 6.07) is 10.4. The predicted octanol–water partition coefficient (Wildman–Crippen LogP) is 2.75. The van der Waals surface area contributed by atoms with E-state index in [9.17, 15) is 13.2 Å². The highest BCUT2D eigenvalue weighted by molar-refractivity contribution is 7.91. The van der Waals surface area contributed by atoms with Crippen LogP contribution in [0.15, 0.2) is 46.0 Å². The summed E-state index contributed by atoms with van der Waals surface area (Å²) in [6.07, 6.45) is 2.15. The van der Waals surface area contributed by atoms with Crippen LogP contribution in [-0.4, -0.2) is 38.3 Å². The van der Waals surface area contributed by atoms with Crippen molar-refractivity contribution in [3.63, 3.8) is 0 Å². The van der Waals surface area contributed by atoms with Gasteiger partial charge in [0.05, 0.1) is 6.61 Å². The van der Waals surface area contributed by atoms with Crippen LogP contribution in [0.2, 0.25) is 0 Å². The number of nitrogens with one attached hydrogen (secondary N) is 1. The van der Waals surface area contributed by atoms with Crippen molar-refractivity contribution in [2.45, 2.75) is 42.7 Å². The average Bonchev–Trinajstić information content (AvgIpc) is 3.23. The average molecular weight is 409 g/mol. The van der Waals surface area contributed by atoms with Crippen LogP contribution < -0.4 is 5.32 Å². The Morgan fingerprint density at radius 2 is 2.00 bits per heavy atom. The Morgan fingerprint density at radius 3 is 2.70 bits per heavy atom. The second-order valence-electron chi connectivity index (χ2n) is 6.48. The summed E-state index contributed by atoms with van der Waals surface area (Å²) < 4.78 is 32.7. The molecule has 1 saturated heterocycles. The van der Waals surface area contributed by atoms with E-state index < -0.39 is 16.1 Å². The van der Waals surface area contributed by atoms with Gasteiger partial charge in [0.1, 0.15) is 10.3 Å². The molecule has 2 aromatic rings. The van der Waals surface area contributed by atoms with Crippen LogP contribution in [0.5, 0.6) is 0 Å². The summed E-state index contributed by atoms with van der Waals surface area (Å²) in [7, 11) is -2.01. The number of methoxy groups -OCH3 is 1. The van der Waals surface area contributed by atoms with E-state index in [4.69, 9.17) is 4.74 Å². The Balaban J connectivity index is 1.73. The molecule has 6 nitrogen and oxygen atoms in total. The number of carbonyl (C=O) groups excluding carboxylic acids is 1. The summed E-state index contributed by atoms with van der Waals surface area (Å²) in [5.41, 5.74) is 1.98. The van der Waals surface area contributed by atoms with Crippen LogP contribution in [-0.2, 0) is 32.7 Å². The lowest BCUT2D eigenvalue weighted by molar-refractivity contribution is -0.125. The molecule has 3 rings (SSSR count). The number of nitrogens with zero attached hydrogens (tertiary/aromatic N) is 1. The molecule has 0 unspecified atom stereocenters. The molecule has 0 radical (unpaired) electrons. The molecule has 0 spiro atoms. The molecule has 0 bridgehead atoms. The van der Waals surface area contributed by atoms with E-state index in [-0.39, 0.29) is 10.1 Å². The van der Waals surface area contributed by atoms with Gasteiger partial charge in [0, 0.05) is 20.2 Å². The van der Waals surface area contributed by atoms with Crippen molar-refractivity contribution in [3.8, 4) is 0 Å². The quantitative estimate of drug-likeness (QED) is 0.764. The van der Waals surface area contributed by atoms with Crippen LogP contribution in [0, 0.1) is 0 Å². The van der Waals surface area contributed by atoms with Crippen LogP contribution in [0.3, 0.4) is 0 Å². The molecule has 1 aliphatic rings. The number of piperidine rings is 1. The maximum absolute atomic E-state index is 12.9. The zero-order valence-corrected chi connectivity index (χ0v) is 16.9. The van der Waals surface area contributed by atoms with Gasteiger partial charge in [-0.1, -0.05) is 36.8 Å². The van der Waals surface area contributed by atoms with Crippen molar-refractivity contribution in [1.82, 2.24) is 9.62 Å². The van der Waals surface area contributed by atoms with Gasteiger partial charge in [-0.3, -0.25) is 4.79 Å². The van der Waals surface area contributed by atoms with E-state index in [2.05, 4.69) is 5.32 Å². The molecule has 1 atom stereocenters. The Morgan fingerprint density at radius 1 is 1.22 bits per heavy atom. The van der Waals surface area contributed by atoms with E-state index >= 15 is 0 Å². The fraction of sp³-hybridized carbons (Fsp3) is 0.421. The fourth-order valence-electron chi connectivity index (χ4n) is 3.31. The SMILES string of the molecule is COCc1ccccc1CNC(=O)[C@@H]1CCCCN1S(=O)(=O)c1cccs1. The molecule has 2 heterocycles. The molecule has 1 amide bonds. The first-order valence-electron chi connectivity index (χ1n) is 8.93. The number of ether oxygens (including phenoxy) is 1.